The summed E-state index contributed by atoms with van der Waals surface area (Å²) >= 11 is 0. The van der Waals surface area contributed by atoms with E-state index in [1.165, 1.54) is 20.0 Å². The summed E-state index contributed by atoms with van der Waals surface area (Å²) in [7, 11) is -2.17. The number of halogens is 3. The lowest BCUT2D eigenvalue weighted by Gasteiger charge is -2.21. The monoisotopic (exact) mass is 448 g/mol. The lowest BCUT2D eigenvalue weighted by atomic mass is 10.1. The second kappa shape index (κ2) is 8.44. The van der Waals surface area contributed by atoms with Gasteiger partial charge in [-0.3, -0.25) is 14.2 Å². The Hall–Kier alpha value is -2.93. The zero-order valence-electron chi connectivity index (χ0n) is 16.2. The van der Waals surface area contributed by atoms with Gasteiger partial charge >= 0.3 is 11.9 Å². The van der Waals surface area contributed by atoms with E-state index in [4.69, 9.17) is 0 Å². The molecule has 0 spiro atoms. The fraction of sp³-hybridized carbons (Fsp3) is 0.353. The molecule has 0 bridgehead atoms. The average Bonchev–Trinajstić information content (AvgIpc) is 2.66. The van der Waals surface area contributed by atoms with Gasteiger partial charge in [0.2, 0.25) is 5.91 Å². The summed E-state index contributed by atoms with van der Waals surface area (Å²) in [5, 5.41) is 2.05. The number of aryl methyl sites for hydroxylation is 1. The number of amides is 1. The number of hydrogen-bond acceptors (Lipinski definition) is 5. The van der Waals surface area contributed by atoms with Crippen molar-refractivity contribution in [2.75, 3.05) is 18.4 Å². The highest BCUT2D eigenvalue weighted by atomic mass is 32.2. The smallest absolute Gasteiger partial charge is 0.324 e. The number of carbonyl (C=O) groups is 1. The number of para-hydroxylation sites is 1. The number of rotatable bonds is 6. The van der Waals surface area contributed by atoms with Gasteiger partial charge in [0.05, 0.1) is 17.8 Å². The molecule has 0 radical (unpaired) electrons. The Labute approximate surface area is 169 Å². The predicted molar refractivity (Wildman–Crippen MR) is 101 cm³/mol. The van der Waals surface area contributed by atoms with Crippen LogP contribution in [0.25, 0.3) is 0 Å². The van der Waals surface area contributed by atoms with E-state index in [-0.39, 0.29) is 6.54 Å². The van der Waals surface area contributed by atoms with Gasteiger partial charge in [-0.15, -0.1) is 0 Å². The van der Waals surface area contributed by atoms with E-state index in [1.54, 1.807) is 0 Å². The fourth-order valence-electron chi connectivity index (χ4n) is 2.65. The normalized spacial score (nSPS) is 12.2. The SMILES string of the molecule is CCN(CC(=O)Nc1ccccc1C(F)(F)F)S(=O)(=O)c1cn(C)c(=O)n(C)c1=O. The van der Waals surface area contributed by atoms with Crippen LogP contribution in [0.4, 0.5) is 18.9 Å². The number of alkyl halides is 3. The molecular formula is C17H19F3N4O5S. The highest BCUT2D eigenvalue weighted by molar-refractivity contribution is 7.89. The van der Waals surface area contributed by atoms with E-state index in [0.29, 0.717) is 8.87 Å². The van der Waals surface area contributed by atoms with Crippen molar-refractivity contribution in [3.8, 4) is 0 Å². The molecular weight excluding hydrogens is 429 g/mol. The first-order valence-electron chi connectivity index (χ1n) is 8.53. The van der Waals surface area contributed by atoms with Crippen molar-refractivity contribution in [3.05, 3.63) is 56.9 Å². The van der Waals surface area contributed by atoms with Gasteiger partial charge in [0.1, 0.15) is 0 Å². The third-order valence-corrected chi connectivity index (χ3v) is 6.12. The lowest BCUT2D eigenvalue weighted by molar-refractivity contribution is -0.137. The lowest BCUT2D eigenvalue weighted by Crippen LogP contribution is -2.44. The molecule has 0 unspecified atom stereocenters. The molecule has 0 atom stereocenters. The van der Waals surface area contributed by atoms with Crippen molar-refractivity contribution in [1.29, 1.82) is 0 Å². The molecule has 1 amide bonds. The topological polar surface area (TPSA) is 110 Å². The first-order valence-corrected chi connectivity index (χ1v) is 9.97. The maximum absolute atomic E-state index is 13.1. The molecule has 2 aromatic rings. The number of sulfonamides is 1. The highest BCUT2D eigenvalue weighted by Crippen LogP contribution is 2.34. The van der Waals surface area contributed by atoms with Crippen molar-refractivity contribution in [2.24, 2.45) is 14.1 Å². The molecule has 1 aromatic heterocycles. The Morgan fingerprint density at radius 2 is 1.77 bits per heavy atom. The maximum atomic E-state index is 13.1. The van der Waals surface area contributed by atoms with Gasteiger partial charge in [0, 0.05) is 26.8 Å². The molecule has 13 heteroatoms. The van der Waals surface area contributed by atoms with Crippen molar-refractivity contribution in [3.63, 3.8) is 0 Å². The number of benzene rings is 1. The second-order valence-corrected chi connectivity index (χ2v) is 8.18. The zero-order valence-corrected chi connectivity index (χ0v) is 17.0. The summed E-state index contributed by atoms with van der Waals surface area (Å²) in [5.41, 5.74) is -3.44. The Morgan fingerprint density at radius 1 is 1.17 bits per heavy atom. The quantitative estimate of drug-likeness (QED) is 0.701. The largest absolute Gasteiger partial charge is 0.418 e. The number of aromatic nitrogens is 2. The third kappa shape index (κ3) is 4.62. The molecule has 0 aliphatic carbocycles. The highest BCUT2D eigenvalue weighted by Gasteiger charge is 2.34. The van der Waals surface area contributed by atoms with E-state index in [0.717, 1.165) is 36.0 Å². The van der Waals surface area contributed by atoms with Gasteiger partial charge in [-0.2, -0.15) is 17.5 Å². The average molecular weight is 448 g/mol. The van der Waals surface area contributed by atoms with E-state index >= 15 is 0 Å². The van der Waals surface area contributed by atoms with Crippen LogP contribution in [0.2, 0.25) is 0 Å². The summed E-state index contributed by atoms with van der Waals surface area (Å²) < 4.78 is 67.0. The summed E-state index contributed by atoms with van der Waals surface area (Å²) in [6.45, 7) is 0.306. The van der Waals surface area contributed by atoms with Crippen LogP contribution in [0.1, 0.15) is 12.5 Å². The molecule has 164 valence electrons. The second-order valence-electron chi connectivity index (χ2n) is 6.27. The van der Waals surface area contributed by atoms with Crippen LogP contribution in [0.3, 0.4) is 0 Å². The van der Waals surface area contributed by atoms with Crippen LogP contribution in [-0.4, -0.2) is 40.9 Å². The van der Waals surface area contributed by atoms with E-state index < -0.39 is 56.0 Å². The summed E-state index contributed by atoms with van der Waals surface area (Å²) in [5.74, 6) is -1.03. The van der Waals surface area contributed by atoms with Crippen molar-refractivity contribution in [1.82, 2.24) is 13.4 Å². The molecule has 1 aromatic carbocycles. The summed E-state index contributed by atoms with van der Waals surface area (Å²) in [6.07, 6.45) is -3.89. The summed E-state index contributed by atoms with van der Waals surface area (Å²) in [4.78, 5) is 35.6. The fourth-order valence-corrected chi connectivity index (χ4v) is 4.20. The number of carbonyl (C=O) groups excluding carboxylic acids is 1. The van der Waals surface area contributed by atoms with Crippen LogP contribution in [-0.2, 0) is 35.1 Å². The van der Waals surface area contributed by atoms with Crippen molar-refractivity contribution in [2.45, 2.75) is 18.0 Å². The van der Waals surface area contributed by atoms with E-state index in [9.17, 15) is 36.0 Å². The first-order chi connectivity index (χ1) is 13.8. The van der Waals surface area contributed by atoms with Crippen LogP contribution < -0.4 is 16.6 Å². The first kappa shape index (κ1) is 23.3. The van der Waals surface area contributed by atoms with Gasteiger partial charge in [-0.05, 0) is 12.1 Å². The summed E-state index contributed by atoms with van der Waals surface area (Å²) in [6, 6.07) is 4.25. The van der Waals surface area contributed by atoms with Crippen molar-refractivity contribution >= 4 is 21.6 Å². The van der Waals surface area contributed by atoms with E-state index in [1.807, 2.05) is 5.32 Å². The maximum Gasteiger partial charge on any atom is 0.418 e. The van der Waals surface area contributed by atoms with Gasteiger partial charge in [0.15, 0.2) is 4.90 Å². The standard InChI is InChI=1S/C17H19F3N4O5S/c1-4-24(30(28,29)13-9-22(2)16(27)23(3)15(13)26)10-14(25)21-12-8-6-5-7-11(12)17(18,19)20/h5-9H,4,10H2,1-3H3,(H,21,25). The minimum atomic E-state index is -4.72. The molecule has 0 saturated carbocycles. The zero-order chi connectivity index (χ0) is 22.9. The molecule has 0 aliphatic rings. The molecule has 0 aliphatic heterocycles. The minimum absolute atomic E-state index is 0.247. The Bertz CT molecular complexity index is 1190. The predicted octanol–water partition coefficient (Wildman–Crippen LogP) is 0.752. The van der Waals surface area contributed by atoms with Crippen molar-refractivity contribution < 1.29 is 26.4 Å². The Morgan fingerprint density at radius 3 is 2.33 bits per heavy atom. The molecule has 30 heavy (non-hydrogen) atoms. The van der Waals surface area contributed by atoms with Crippen LogP contribution in [0.5, 0.6) is 0 Å². The number of anilines is 1. The minimum Gasteiger partial charge on any atom is -0.324 e. The Balaban J connectivity index is 2.35. The van der Waals surface area contributed by atoms with Crippen LogP contribution in [0, 0.1) is 0 Å². The number of nitrogens with one attached hydrogen (secondary N) is 1. The van der Waals surface area contributed by atoms with Crippen LogP contribution >= 0.6 is 0 Å². The number of hydrogen-bond donors (Lipinski definition) is 1. The van der Waals surface area contributed by atoms with E-state index in [2.05, 4.69) is 0 Å². The molecule has 2 rings (SSSR count). The van der Waals surface area contributed by atoms with Gasteiger partial charge in [0.25, 0.3) is 15.6 Å². The third-order valence-electron chi connectivity index (χ3n) is 4.21. The van der Waals surface area contributed by atoms with Crippen LogP contribution in [0.15, 0.2) is 44.9 Å². The Kier molecular flexibility index (Phi) is 6.57. The molecule has 1 N–H and O–H groups in total. The molecule has 0 fully saturated rings. The molecule has 9 nitrogen and oxygen atoms in total. The van der Waals surface area contributed by atoms with Gasteiger partial charge in [-0.25, -0.2) is 13.2 Å². The van der Waals surface area contributed by atoms with Gasteiger partial charge in [-0.1, -0.05) is 19.1 Å². The van der Waals surface area contributed by atoms with Gasteiger partial charge < -0.3 is 9.88 Å². The molecule has 0 saturated heterocycles. The molecule has 1 heterocycles. The number of nitrogens with zero attached hydrogens (tertiary/aromatic N) is 3. The number of likely N-dealkylation sites (N-methyl/N-ethyl adjacent to an activating group) is 1.